The van der Waals surface area contributed by atoms with Gasteiger partial charge in [-0.1, -0.05) is 24.3 Å². The van der Waals surface area contributed by atoms with Crippen molar-refractivity contribution in [1.29, 1.82) is 0 Å². The predicted octanol–water partition coefficient (Wildman–Crippen LogP) is 3.94. The molecule has 174 valence electrons. The molecule has 10 nitrogen and oxygen atoms in total. The Morgan fingerprint density at radius 3 is 2.44 bits per heavy atom. The summed E-state index contributed by atoms with van der Waals surface area (Å²) in [6.45, 7) is 1.52. The van der Waals surface area contributed by atoms with Gasteiger partial charge in [-0.25, -0.2) is 13.2 Å². The Kier molecular flexibility index (Phi) is 6.03. The van der Waals surface area contributed by atoms with Crippen LogP contribution in [0.3, 0.4) is 0 Å². The number of sulfonamides is 1. The van der Waals surface area contributed by atoms with Gasteiger partial charge in [0.2, 0.25) is 5.91 Å². The van der Waals surface area contributed by atoms with Crippen LogP contribution in [0.5, 0.6) is 0 Å². The van der Waals surface area contributed by atoms with Crippen LogP contribution in [0.2, 0.25) is 0 Å². The number of hydrogen-bond acceptors (Lipinski definition) is 7. The summed E-state index contributed by atoms with van der Waals surface area (Å²) in [5.74, 6) is -0.848. The van der Waals surface area contributed by atoms with Crippen molar-refractivity contribution in [2.45, 2.75) is 24.3 Å². The molecule has 1 amide bonds. The van der Waals surface area contributed by atoms with Crippen molar-refractivity contribution in [2.24, 2.45) is 0 Å². The van der Waals surface area contributed by atoms with Crippen molar-refractivity contribution in [3.8, 4) is 0 Å². The van der Waals surface area contributed by atoms with E-state index in [0.717, 1.165) is 6.07 Å². The van der Waals surface area contributed by atoms with Crippen LogP contribution < -0.4 is 10.0 Å². The molecule has 1 aliphatic rings. The summed E-state index contributed by atoms with van der Waals surface area (Å²) in [5, 5.41) is 13.8. The highest BCUT2D eigenvalue weighted by atomic mass is 32.2. The zero-order valence-electron chi connectivity index (χ0n) is 17.8. The van der Waals surface area contributed by atoms with Gasteiger partial charge in [-0.2, -0.15) is 0 Å². The lowest BCUT2D eigenvalue weighted by atomic mass is 10.0. The fraction of sp³-hybridized carbons (Fsp3) is 0.130. The van der Waals surface area contributed by atoms with E-state index in [1.807, 2.05) is 0 Å². The third-order valence-corrected chi connectivity index (χ3v) is 6.64. The summed E-state index contributed by atoms with van der Waals surface area (Å²) in [6, 6.07) is 16.4. The Balaban J connectivity index is 1.41. The topological polar surface area (TPSA) is 145 Å². The number of nitrogens with zero attached hydrogens (tertiary/aromatic N) is 1. The summed E-state index contributed by atoms with van der Waals surface area (Å²) >= 11 is 0. The molecule has 0 radical (unpaired) electrons. The number of esters is 1. The molecule has 0 saturated heterocycles. The SMILES string of the molecule is Cc1ccc(S(=O)(=O)Nc2ccc(NC(=O)C[C@H]3OC(=O)c4ccccc43)cc2)cc1[N+](=O)[O-]. The average molecular weight is 481 g/mol. The molecule has 0 unspecified atom stereocenters. The van der Waals surface area contributed by atoms with E-state index in [1.54, 1.807) is 24.3 Å². The van der Waals surface area contributed by atoms with Crippen LogP contribution in [0, 0.1) is 17.0 Å². The standard InChI is InChI=1S/C23H19N3O7S/c1-14-6-11-17(12-20(14)26(29)30)34(31,32)25-16-9-7-15(8-10-16)24-22(27)13-21-18-4-2-3-5-19(18)23(28)33-21/h2-12,21,25H,13H2,1H3,(H,24,27)/t21-/m1/s1. The molecule has 3 aromatic carbocycles. The van der Waals surface area contributed by atoms with E-state index < -0.39 is 27.0 Å². The van der Waals surface area contributed by atoms with Crippen LogP contribution in [-0.4, -0.2) is 25.2 Å². The minimum atomic E-state index is -4.06. The van der Waals surface area contributed by atoms with Crippen LogP contribution in [0.4, 0.5) is 17.1 Å². The van der Waals surface area contributed by atoms with E-state index in [2.05, 4.69) is 10.0 Å². The number of nitro benzene ring substituents is 1. The first-order chi connectivity index (χ1) is 16.1. The van der Waals surface area contributed by atoms with Crippen LogP contribution >= 0.6 is 0 Å². The van der Waals surface area contributed by atoms with Gasteiger partial charge in [0.05, 0.1) is 21.8 Å². The number of carbonyl (C=O) groups excluding carboxylic acids is 2. The number of benzene rings is 3. The van der Waals surface area contributed by atoms with Gasteiger partial charge in [0, 0.05) is 28.6 Å². The molecule has 3 aromatic rings. The van der Waals surface area contributed by atoms with Crippen LogP contribution in [0.1, 0.15) is 34.0 Å². The molecular weight excluding hydrogens is 462 g/mol. The highest BCUT2D eigenvalue weighted by Gasteiger charge is 2.32. The quantitative estimate of drug-likeness (QED) is 0.295. The minimum absolute atomic E-state index is 0.0661. The first kappa shape index (κ1) is 22.9. The van der Waals surface area contributed by atoms with E-state index in [0.29, 0.717) is 22.4 Å². The van der Waals surface area contributed by atoms with Crippen molar-refractivity contribution >= 4 is 39.0 Å². The highest BCUT2D eigenvalue weighted by molar-refractivity contribution is 7.92. The van der Waals surface area contributed by atoms with Crippen LogP contribution in [0.25, 0.3) is 0 Å². The second-order valence-corrected chi connectivity index (χ2v) is 9.30. The van der Waals surface area contributed by atoms with Gasteiger partial charge >= 0.3 is 5.97 Å². The summed E-state index contributed by atoms with van der Waals surface area (Å²) in [6.07, 6.45) is -0.739. The summed E-state index contributed by atoms with van der Waals surface area (Å²) in [5.41, 5.74) is 1.77. The molecule has 1 aliphatic heterocycles. The normalized spacial score (nSPS) is 14.7. The van der Waals surface area contributed by atoms with E-state index in [4.69, 9.17) is 4.74 Å². The largest absolute Gasteiger partial charge is 0.453 e. The van der Waals surface area contributed by atoms with E-state index in [-0.39, 0.29) is 28.6 Å². The fourth-order valence-corrected chi connectivity index (χ4v) is 4.62. The maximum atomic E-state index is 12.6. The van der Waals surface area contributed by atoms with Crippen molar-refractivity contribution in [2.75, 3.05) is 10.0 Å². The maximum absolute atomic E-state index is 12.6. The Bertz CT molecular complexity index is 1400. The second kappa shape index (κ2) is 8.94. The van der Waals surface area contributed by atoms with Gasteiger partial charge in [-0.15, -0.1) is 0 Å². The molecule has 0 aliphatic carbocycles. The van der Waals surface area contributed by atoms with Crippen LogP contribution in [-0.2, 0) is 19.6 Å². The van der Waals surface area contributed by atoms with Gasteiger partial charge in [0.15, 0.2) is 0 Å². The van der Waals surface area contributed by atoms with E-state index in [1.165, 1.54) is 43.3 Å². The zero-order valence-corrected chi connectivity index (χ0v) is 18.7. The van der Waals surface area contributed by atoms with E-state index in [9.17, 15) is 28.1 Å². The third-order valence-electron chi connectivity index (χ3n) is 5.26. The van der Waals surface area contributed by atoms with Crippen LogP contribution in [0.15, 0.2) is 71.6 Å². The molecule has 0 saturated carbocycles. The molecule has 4 rings (SSSR count). The fourth-order valence-electron chi connectivity index (χ4n) is 3.54. The Morgan fingerprint density at radius 2 is 1.74 bits per heavy atom. The number of amides is 1. The highest BCUT2D eigenvalue weighted by Crippen LogP contribution is 2.33. The molecule has 0 bridgehead atoms. The number of ether oxygens (including phenoxy) is 1. The summed E-state index contributed by atoms with van der Waals surface area (Å²) in [7, 11) is -4.06. The van der Waals surface area contributed by atoms with Gasteiger partial charge in [0.25, 0.3) is 15.7 Å². The number of carbonyl (C=O) groups is 2. The average Bonchev–Trinajstić information content (AvgIpc) is 3.10. The lowest BCUT2D eigenvalue weighted by Gasteiger charge is -2.12. The van der Waals surface area contributed by atoms with Gasteiger partial charge < -0.3 is 10.1 Å². The molecule has 1 heterocycles. The van der Waals surface area contributed by atoms with Gasteiger partial charge in [-0.3, -0.25) is 19.6 Å². The number of aryl methyl sites for hydroxylation is 1. The number of fused-ring (bicyclic) bond motifs is 1. The summed E-state index contributed by atoms with van der Waals surface area (Å²) < 4.78 is 32.9. The molecule has 0 fully saturated rings. The Morgan fingerprint density at radius 1 is 1.06 bits per heavy atom. The number of anilines is 2. The Hall–Kier alpha value is -4.25. The minimum Gasteiger partial charge on any atom is -0.453 e. The van der Waals surface area contributed by atoms with Gasteiger partial charge in [0.1, 0.15) is 6.10 Å². The third kappa shape index (κ3) is 4.74. The number of cyclic esters (lactones) is 1. The van der Waals surface area contributed by atoms with Gasteiger partial charge in [-0.05, 0) is 43.3 Å². The van der Waals surface area contributed by atoms with Crippen molar-refractivity contribution in [3.05, 3.63) is 93.5 Å². The van der Waals surface area contributed by atoms with Crippen molar-refractivity contribution < 1.29 is 27.7 Å². The number of hydrogen-bond donors (Lipinski definition) is 2. The van der Waals surface area contributed by atoms with E-state index >= 15 is 0 Å². The van der Waals surface area contributed by atoms with Crippen molar-refractivity contribution in [3.63, 3.8) is 0 Å². The molecule has 0 spiro atoms. The summed E-state index contributed by atoms with van der Waals surface area (Å²) in [4.78, 5) is 34.5. The first-order valence-corrected chi connectivity index (χ1v) is 11.6. The molecule has 0 aromatic heterocycles. The molecule has 34 heavy (non-hydrogen) atoms. The Labute approximate surface area is 194 Å². The molecule has 1 atom stereocenters. The number of rotatable bonds is 7. The molecule has 2 N–H and O–H groups in total. The maximum Gasteiger partial charge on any atom is 0.339 e. The first-order valence-electron chi connectivity index (χ1n) is 10.1. The zero-order chi connectivity index (χ0) is 24.5. The molecule has 11 heteroatoms. The lowest BCUT2D eigenvalue weighted by Crippen LogP contribution is -2.16. The second-order valence-electron chi connectivity index (χ2n) is 7.62. The molecular formula is C23H19N3O7S. The number of nitro groups is 1. The van der Waals surface area contributed by atoms with Crippen molar-refractivity contribution in [1.82, 2.24) is 0 Å². The lowest BCUT2D eigenvalue weighted by molar-refractivity contribution is -0.385. The number of nitrogens with one attached hydrogen (secondary N) is 2. The predicted molar refractivity (Wildman–Crippen MR) is 123 cm³/mol. The smallest absolute Gasteiger partial charge is 0.339 e. The monoisotopic (exact) mass is 481 g/mol.